The lowest BCUT2D eigenvalue weighted by atomic mass is 9.68. The highest BCUT2D eigenvalue weighted by molar-refractivity contribution is 5.83. The van der Waals surface area contributed by atoms with Crippen LogP contribution in [-0.4, -0.2) is 52.4 Å². The van der Waals surface area contributed by atoms with Gasteiger partial charge in [-0.15, -0.1) is 0 Å². The molecule has 2 aromatic rings. The van der Waals surface area contributed by atoms with Gasteiger partial charge in [0.1, 0.15) is 0 Å². The Hall–Kier alpha value is -2.07. The summed E-state index contributed by atoms with van der Waals surface area (Å²) in [7, 11) is 0. The number of carbonyl (C=O) groups excluding carboxylic acids is 1. The van der Waals surface area contributed by atoms with Gasteiger partial charge in [-0.25, -0.2) is 0 Å². The van der Waals surface area contributed by atoms with E-state index in [-0.39, 0.29) is 0 Å². The zero-order valence-corrected chi connectivity index (χ0v) is 18.6. The van der Waals surface area contributed by atoms with Crippen molar-refractivity contribution in [1.82, 2.24) is 14.8 Å². The van der Waals surface area contributed by atoms with E-state index in [1.165, 1.54) is 61.7 Å². The number of para-hydroxylation sites is 1. The number of aromatic nitrogens is 1. The largest absolute Gasteiger partial charge is 0.361 e. The Bertz CT molecular complexity index is 991. The summed E-state index contributed by atoms with van der Waals surface area (Å²) in [4.78, 5) is 21.8. The number of rotatable bonds is 4. The highest BCUT2D eigenvalue weighted by atomic mass is 16.2. The smallest absolute Gasteiger partial charge is 0.223 e. The maximum atomic E-state index is 13.4. The number of H-pyrrole nitrogens is 1. The van der Waals surface area contributed by atoms with Crippen molar-refractivity contribution in [3.05, 3.63) is 47.7 Å². The molecule has 0 radical (unpaired) electrons. The predicted molar refractivity (Wildman–Crippen MR) is 125 cm³/mol. The molecule has 6 rings (SSSR count). The lowest BCUT2D eigenvalue weighted by molar-refractivity contribution is -0.136. The van der Waals surface area contributed by atoms with Crippen LogP contribution in [0.5, 0.6) is 0 Å². The molecular weight excluding hydrogens is 382 g/mol. The molecule has 0 spiro atoms. The van der Waals surface area contributed by atoms with E-state index in [0.717, 1.165) is 37.8 Å². The van der Waals surface area contributed by atoms with Gasteiger partial charge in [0.25, 0.3) is 0 Å². The average Bonchev–Trinajstić information content (AvgIpc) is 3.22. The molecule has 4 heterocycles. The number of hydrogen-bond donors (Lipinski definition) is 1. The van der Waals surface area contributed by atoms with Gasteiger partial charge in [0.15, 0.2) is 0 Å². The van der Waals surface area contributed by atoms with Crippen LogP contribution < -0.4 is 0 Å². The Morgan fingerprint density at radius 2 is 2.06 bits per heavy atom. The number of nitrogens with one attached hydrogen (secondary N) is 1. The molecule has 2 bridgehead atoms. The molecule has 4 aliphatic rings. The first-order valence-corrected chi connectivity index (χ1v) is 12.6. The molecule has 1 aliphatic carbocycles. The third-order valence-electron chi connectivity index (χ3n) is 8.49. The first-order chi connectivity index (χ1) is 15.3. The van der Waals surface area contributed by atoms with Crippen molar-refractivity contribution >= 4 is 16.8 Å². The minimum Gasteiger partial charge on any atom is -0.361 e. The van der Waals surface area contributed by atoms with E-state index in [2.05, 4.69) is 51.3 Å². The molecule has 31 heavy (non-hydrogen) atoms. The van der Waals surface area contributed by atoms with E-state index in [0.29, 0.717) is 24.3 Å². The Kier molecular flexibility index (Phi) is 5.14. The second-order valence-corrected chi connectivity index (χ2v) is 10.3. The topological polar surface area (TPSA) is 39.3 Å². The molecule has 3 aliphatic heterocycles. The summed E-state index contributed by atoms with van der Waals surface area (Å²) in [6.07, 6.45) is 15.1. The first-order valence-electron chi connectivity index (χ1n) is 12.6. The van der Waals surface area contributed by atoms with E-state index in [4.69, 9.17) is 0 Å². The zero-order valence-electron chi connectivity index (χ0n) is 18.6. The molecule has 3 saturated heterocycles. The van der Waals surface area contributed by atoms with E-state index >= 15 is 0 Å². The van der Waals surface area contributed by atoms with Crippen molar-refractivity contribution in [1.29, 1.82) is 0 Å². The Morgan fingerprint density at radius 1 is 1.13 bits per heavy atom. The molecule has 0 saturated carbocycles. The number of likely N-dealkylation sites (tertiary alicyclic amines) is 1. The highest BCUT2D eigenvalue weighted by Crippen LogP contribution is 2.45. The van der Waals surface area contributed by atoms with Gasteiger partial charge in [-0.1, -0.05) is 36.3 Å². The van der Waals surface area contributed by atoms with E-state index < -0.39 is 0 Å². The Balaban J connectivity index is 1.14. The summed E-state index contributed by atoms with van der Waals surface area (Å²) in [5.41, 5.74) is 4.13. The van der Waals surface area contributed by atoms with Gasteiger partial charge in [0, 0.05) is 42.7 Å². The van der Waals surface area contributed by atoms with Gasteiger partial charge in [0.05, 0.1) is 6.04 Å². The minimum absolute atomic E-state index is 0.383. The third kappa shape index (κ3) is 3.53. The fourth-order valence-corrected chi connectivity index (χ4v) is 7.17. The summed E-state index contributed by atoms with van der Waals surface area (Å²) >= 11 is 0. The second kappa shape index (κ2) is 8.12. The molecule has 4 heteroatoms. The lowest BCUT2D eigenvalue weighted by Gasteiger charge is -2.54. The summed E-state index contributed by atoms with van der Waals surface area (Å²) in [6, 6.07) is 9.63. The van der Waals surface area contributed by atoms with Crippen LogP contribution in [0.1, 0.15) is 56.9 Å². The summed E-state index contributed by atoms with van der Waals surface area (Å²) in [6.45, 7) is 3.44. The molecule has 1 aromatic carbocycles. The van der Waals surface area contributed by atoms with Gasteiger partial charge >= 0.3 is 0 Å². The van der Waals surface area contributed by atoms with Gasteiger partial charge < -0.3 is 9.88 Å². The fourth-order valence-electron chi connectivity index (χ4n) is 7.17. The number of carbonyl (C=O) groups is 1. The van der Waals surface area contributed by atoms with Crippen LogP contribution >= 0.6 is 0 Å². The maximum absolute atomic E-state index is 13.4. The van der Waals surface area contributed by atoms with Crippen molar-refractivity contribution < 1.29 is 4.79 Å². The zero-order chi connectivity index (χ0) is 20.8. The summed E-state index contributed by atoms with van der Waals surface area (Å²) in [5.74, 6) is 1.77. The first kappa shape index (κ1) is 19.6. The highest BCUT2D eigenvalue weighted by Gasteiger charge is 2.46. The van der Waals surface area contributed by atoms with Crippen molar-refractivity contribution in [2.75, 3.05) is 19.6 Å². The number of nitrogens with zero attached hydrogens (tertiary/aromatic N) is 2. The van der Waals surface area contributed by atoms with Crippen LogP contribution in [-0.2, 0) is 11.2 Å². The average molecular weight is 418 g/mol. The van der Waals surface area contributed by atoms with Crippen LogP contribution in [0.25, 0.3) is 10.9 Å². The lowest BCUT2D eigenvalue weighted by Crippen LogP contribution is -2.60. The third-order valence-corrected chi connectivity index (χ3v) is 8.49. The predicted octanol–water partition coefficient (Wildman–Crippen LogP) is 4.91. The molecule has 4 nitrogen and oxygen atoms in total. The summed E-state index contributed by atoms with van der Waals surface area (Å²) in [5, 5.41) is 1.30. The number of aromatic amines is 1. The van der Waals surface area contributed by atoms with Gasteiger partial charge in [-0.2, -0.15) is 0 Å². The van der Waals surface area contributed by atoms with E-state index in [1.54, 1.807) is 5.57 Å². The molecular formula is C27H35N3O. The molecule has 164 valence electrons. The molecule has 4 atom stereocenters. The normalized spacial score (nSPS) is 30.6. The standard InChI is InChI=1S/C27H35N3O/c31-26(12-5-7-20-17-28-24-10-2-1-9-23(20)24)30-14-6-8-19-15-21-16-22(27(19)30)18-29-13-4-3-11-25(21)29/h1-2,9-10,15,17,21-22,25,27-28H,3-8,11-14,16,18H2/t21-,22+,25+,27+/m0/s1. The number of piperidine rings is 3. The number of fused-ring (bicyclic) bond motifs is 7. The quantitative estimate of drug-likeness (QED) is 0.718. The van der Waals surface area contributed by atoms with Crippen LogP contribution in [0.2, 0.25) is 0 Å². The number of benzene rings is 1. The second-order valence-electron chi connectivity index (χ2n) is 10.3. The fraction of sp³-hybridized carbons (Fsp3) is 0.593. The Morgan fingerprint density at radius 3 is 3.03 bits per heavy atom. The van der Waals surface area contributed by atoms with Crippen molar-refractivity contribution in [3.63, 3.8) is 0 Å². The van der Waals surface area contributed by atoms with Gasteiger partial charge in [-0.05, 0) is 75.0 Å². The number of amides is 1. The van der Waals surface area contributed by atoms with Gasteiger partial charge in [-0.3, -0.25) is 9.69 Å². The monoisotopic (exact) mass is 417 g/mol. The van der Waals surface area contributed by atoms with E-state index in [1.807, 2.05) is 0 Å². The number of aryl methyl sites for hydroxylation is 1. The molecule has 1 aromatic heterocycles. The van der Waals surface area contributed by atoms with Crippen LogP contribution in [0, 0.1) is 11.8 Å². The van der Waals surface area contributed by atoms with Gasteiger partial charge in [0.2, 0.25) is 5.91 Å². The van der Waals surface area contributed by atoms with Crippen molar-refractivity contribution in [2.24, 2.45) is 11.8 Å². The molecule has 0 unspecified atom stereocenters. The SMILES string of the molecule is O=C(CCCc1c[nH]c2ccccc12)N1CCCC2=C[C@H]3C[C@H](CN4CCCC[C@H]34)[C@@H]21. The van der Waals surface area contributed by atoms with Crippen LogP contribution in [0.3, 0.4) is 0 Å². The maximum Gasteiger partial charge on any atom is 0.223 e. The molecule has 1 amide bonds. The minimum atomic E-state index is 0.383. The van der Waals surface area contributed by atoms with Crippen LogP contribution in [0.4, 0.5) is 0 Å². The van der Waals surface area contributed by atoms with Crippen LogP contribution in [0.15, 0.2) is 42.1 Å². The summed E-state index contributed by atoms with van der Waals surface area (Å²) < 4.78 is 0. The molecule has 1 N–H and O–H groups in total. The number of hydrogen-bond acceptors (Lipinski definition) is 2. The van der Waals surface area contributed by atoms with Crippen molar-refractivity contribution in [2.45, 2.75) is 69.9 Å². The van der Waals surface area contributed by atoms with Crippen molar-refractivity contribution in [3.8, 4) is 0 Å². The van der Waals surface area contributed by atoms with E-state index in [9.17, 15) is 4.79 Å². The Labute approximate surface area is 185 Å². The molecule has 3 fully saturated rings.